The van der Waals surface area contributed by atoms with E-state index in [1.807, 2.05) is 0 Å². The third kappa shape index (κ3) is 6.30. The van der Waals surface area contributed by atoms with E-state index in [2.05, 4.69) is 287 Å². The van der Waals surface area contributed by atoms with E-state index < -0.39 is 5.41 Å². The molecule has 15 rings (SSSR count). The van der Waals surface area contributed by atoms with Crippen LogP contribution >= 0.6 is 0 Å². The molecule has 1 spiro atoms. The van der Waals surface area contributed by atoms with Crippen molar-refractivity contribution in [3.05, 3.63) is 295 Å². The topological polar surface area (TPSA) is 38.9 Å². The largest absolute Gasteiger partial charge is 0.310 e. The van der Waals surface area contributed by atoms with Crippen molar-refractivity contribution in [3.8, 4) is 67.5 Å². The third-order valence-corrected chi connectivity index (χ3v) is 15.3. The number of nitrogens with zero attached hydrogens (tertiary/aromatic N) is 5. The van der Waals surface area contributed by atoms with Gasteiger partial charge in [-0.15, -0.1) is 0 Å². The summed E-state index contributed by atoms with van der Waals surface area (Å²) in [4.78, 5) is 13.2. The zero-order chi connectivity index (χ0) is 48.7. The molecule has 0 fully saturated rings. The maximum absolute atomic E-state index is 5.37. The molecule has 1 aliphatic carbocycles. The number of hydrogen-bond donors (Lipinski definition) is 0. The first kappa shape index (κ1) is 41.9. The van der Waals surface area contributed by atoms with Crippen molar-refractivity contribution in [2.24, 2.45) is 0 Å². The fraction of sp³-hybridized carbons (Fsp3) is 0.0145. The van der Waals surface area contributed by atoms with Gasteiger partial charge in [-0.3, -0.25) is 9.13 Å². The highest BCUT2D eigenvalue weighted by molar-refractivity contribution is 5.97. The summed E-state index contributed by atoms with van der Waals surface area (Å²) in [6, 6.07) is 98.9. The molecular weight excluding hydrogens is 899 g/mol. The monoisotopic (exact) mass is 943 g/mol. The minimum Gasteiger partial charge on any atom is -0.310 e. The molecule has 13 aromatic rings. The lowest BCUT2D eigenvalue weighted by Crippen LogP contribution is -2.36. The van der Waals surface area contributed by atoms with Gasteiger partial charge in [0.05, 0.1) is 38.9 Å². The van der Waals surface area contributed by atoms with Crippen molar-refractivity contribution in [1.29, 1.82) is 0 Å². The second-order valence-corrected chi connectivity index (χ2v) is 19.3. The Labute approximate surface area is 429 Å². The van der Waals surface area contributed by atoms with Crippen LogP contribution in [0.15, 0.2) is 273 Å². The average Bonchev–Trinajstić information content (AvgIpc) is 4.18. The number of benzene rings is 11. The highest BCUT2D eigenvalue weighted by Crippen LogP contribution is 2.63. The van der Waals surface area contributed by atoms with Crippen LogP contribution in [0.2, 0.25) is 0 Å². The zero-order valence-corrected chi connectivity index (χ0v) is 40.2. The van der Waals surface area contributed by atoms with E-state index in [9.17, 15) is 0 Å². The van der Waals surface area contributed by atoms with Gasteiger partial charge in [-0.2, -0.15) is 0 Å². The molecule has 0 atom stereocenters. The van der Waals surface area contributed by atoms with Crippen molar-refractivity contribution >= 4 is 39.1 Å². The number of aromatic nitrogens is 4. The number of para-hydroxylation sites is 9. The minimum atomic E-state index is -0.538. The summed E-state index contributed by atoms with van der Waals surface area (Å²) < 4.78 is 4.56. The molecule has 346 valence electrons. The Morgan fingerprint density at radius 3 is 1.23 bits per heavy atom. The Bertz CT molecular complexity index is 4120. The van der Waals surface area contributed by atoms with E-state index in [0.29, 0.717) is 0 Å². The number of hydrogen-bond acceptors (Lipinski definition) is 3. The van der Waals surface area contributed by atoms with E-state index in [1.54, 1.807) is 0 Å². The predicted octanol–water partition coefficient (Wildman–Crippen LogP) is 17.2. The standard InChI is InChI=1S/C69H45N5/c1-4-20-52(21-5-1)72-63-32-16-12-28-58(63)69(59-29-13-17-33-64(59)72)57-27-11-10-26-55(57)56-41-40-48(45-60(56)69)46-36-38-47(39-37-46)49-42-50(67-70-61-30-14-18-34-65(61)73(67)53-22-6-2-7-23-53)44-51(43-49)68-71-62-31-15-19-35-66(62)74(68)54-24-8-3-9-25-54/h1-45H. The molecule has 0 saturated carbocycles. The van der Waals surface area contributed by atoms with Crippen LogP contribution in [-0.2, 0) is 5.41 Å². The molecule has 0 radical (unpaired) electrons. The van der Waals surface area contributed by atoms with Gasteiger partial charge in [0.1, 0.15) is 11.6 Å². The highest BCUT2D eigenvalue weighted by atomic mass is 15.2. The van der Waals surface area contributed by atoms with Gasteiger partial charge in [0.2, 0.25) is 0 Å². The molecule has 74 heavy (non-hydrogen) atoms. The van der Waals surface area contributed by atoms with Gasteiger partial charge >= 0.3 is 0 Å². The summed E-state index contributed by atoms with van der Waals surface area (Å²) in [5, 5.41) is 0. The Hall–Kier alpha value is -9.84. The molecule has 5 nitrogen and oxygen atoms in total. The Morgan fingerprint density at radius 2 is 0.676 bits per heavy atom. The molecule has 0 amide bonds. The molecule has 2 aliphatic rings. The second kappa shape index (κ2) is 16.6. The quantitative estimate of drug-likeness (QED) is 0.160. The van der Waals surface area contributed by atoms with Crippen LogP contribution in [0.1, 0.15) is 22.3 Å². The fourth-order valence-electron chi connectivity index (χ4n) is 12.2. The molecule has 0 N–H and O–H groups in total. The number of fused-ring (bicyclic) bond motifs is 11. The maximum atomic E-state index is 5.37. The normalized spacial score (nSPS) is 12.9. The lowest BCUT2D eigenvalue weighted by Gasteiger charge is -2.45. The average molecular weight is 944 g/mol. The smallest absolute Gasteiger partial charge is 0.145 e. The van der Waals surface area contributed by atoms with Crippen LogP contribution in [0.4, 0.5) is 17.1 Å². The first-order valence-electron chi connectivity index (χ1n) is 25.3. The van der Waals surface area contributed by atoms with Gasteiger partial charge < -0.3 is 4.90 Å². The van der Waals surface area contributed by atoms with E-state index in [4.69, 9.17) is 9.97 Å². The maximum Gasteiger partial charge on any atom is 0.145 e. The third-order valence-electron chi connectivity index (χ3n) is 15.3. The van der Waals surface area contributed by atoms with Crippen molar-refractivity contribution in [2.45, 2.75) is 5.41 Å². The van der Waals surface area contributed by atoms with Gasteiger partial charge in [-0.25, -0.2) is 9.97 Å². The molecule has 0 unspecified atom stereocenters. The summed E-state index contributed by atoms with van der Waals surface area (Å²) >= 11 is 0. The first-order valence-corrected chi connectivity index (χ1v) is 25.3. The number of imidazole rings is 2. The van der Waals surface area contributed by atoms with Crippen LogP contribution in [0.25, 0.3) is 89.6 Å². The zero-order valence-electron chi connectivity index (χ0n) is 40.2. The lowest BCUT2D eigenvalue weighted by atomic mass is 9.64. The fourth-order valence-corrected chi connectivity index (χ4v) is 12.2. The Morgan fingerprint density at radius 1 is 0.270 bits per heavy atom. The minimum absolute atomic E-state index is 0.538. The summed E-state index contributed by atoms with van der Waals surface area (Å²) in [5.41, 5.74) is 23.3. The van der Waals surface area contributed by atoms with Crippen LogP contribution < -0.4 is 4.90 Å². The highest BCUT2D eigenvalue weighted by Gasteiger charge is 2.51. The first-order chi connectivity index (χ1) is 36.7. The molecule has 0 saturated heterocycles. The van der Waals surface area contributed by atoms with E-state index >= 15 is 0 Å². The van der Waals surface area contributed by atoms with Crippen LogP contribution in [0.5, 0.6) is 0 Å². The Kier molecular flexibility index (Phi) is 9.41. The number of rotatable bonds is 7. The van der Waals surface area contributed by atoms with E-state index in [0.717, 1.165) is 78.6 Å². The van der Waals surface area contributed by atoms with Crippen molar-refractivity contribution in [1.82, 2.24) is 19.1 Å². The Balaban J connectivity index is 0.903. The van der Waals surface area contributed by atoms with Crippen molar-refractivity contribution in [2.75, 3.05) is 4.90 Å². The van der Waals surface area contributed by atoms with Crippen molar-refractivity contribution < 1.29 is 0 Å². The molecule has 0 bridgehead atoms. The SMILES string of the molecule is c1ccc(N2c3ccccc3C3(c4ccccc4-c4ccc(-c5ccc(-c6cc(-c7nc8ccccc8n7-c7ccccc7)cc(-c7nc8ccccc8n7-c7ccccc7)c6)cc5)cc43)c3ccccc32)cc1. The molecule has 11 aromatic carbocycles. The van der Waals surface area contributed by atoms with Crippen LogP contribution in [-0.4, -0.2) is 19.1 Å². The summed E-state index contributed by atoms with van der Waals surface area (Å²) in [6.45, 7) is 0. The predicted molar refractivity (Wildman–Crippen MR) is 303 cm³/mol. The molecule has 2 aromatic heterocycles. The van der Waals surface area contributed by atoms with Gasteiger partial charge in [-0.05, 0) is 153 Å². The number of anilines is 3. The summed E-state index contributed by atoms with van der Waals surface area (Å²) in [5.74, 6) is 1.73. The van der Waals surface area contributed by atoms with Crippen LogP contribution in [0.3, 0.4) is 0 Å². The summed E-state index contributed by atoms with van der Waals surface area (Å²) in [6.07, 6.45) is 0. The molecule has 3 heterocycles. The van der Waals surface area contributed by atoms with Gasteiger partial charge in [0, 0.05) is 28.2 Å². The second-order valence-electron chi connectivity index (χ2n) is 19.3. The lowest BCUT2D eigenvalue weighted by molar-refractivity contribution is 0.753. The molecule has 5 heteroatoms. The van der Waals surface area contributed by atoms with Gasteiger partial charge in [0.15, 0.2) is 0 Å². The van der Waals surface area contributed by atoms with Gasteiger partial charge in [0.25, 0.3) is 0 Å². The summed E-state index contributed by atoms with van der Waals surface area (Å²) in [7, 11) is 0. The van der Waals surface area contributed by atoms with Crippen molar-refractivity contribution in [3.63, 3.8) is 0 Å². The van der Waals surface area contributed by atoms with Gasteiger partial charge in [-0.1, -0.05) is 176 Å². The molecular formula is C69H45N5. The van der Waals surface area contributed by atoms with Crippen LogP contribution in [0, 0.1) is 0 Å². The van der Waals surface area contributed by atoms with E-state index in [1.165, 1.54) is 50.3 Å². The molecule has 1 aliphatic heterocycles. The van der Waals surface area contributed by atoms with E-state index in [-0.39, 0.29) is 0 Å².